The van der Waals surface area contributed by atoms with Crippen molar-refractivity contribution in [3.63, 3.8) is 0 Å². The van der Waals surface area contributed by atoms with Crippen LogP contribution in [-0.4, -0.2) is 58.3 Å². The first-order valence-electron chi connectivity index (χ1n) is 8.90. The summed E-state index contributed by atoms with van der Waals surface area (Å²) in [6, 6.07) is 16.2. The predicted molar refractivity (Wildman–Crippen MR) is 103 cm³/mol. The molecule has 1 atom stereocenters. The van der Waals surface area contributed by atoms with Gasteiger partial charge in [-0.2, -0.15) is 0 Å². The number of morpholine rings is 1. The van der Waals surface area contributed by atoms with Gasteiger partial charge in [0.1, 0.15) is 0 Å². The summed E-state index contributed by atoms with van der Waals surface area (Å²) in [6.07, 6.45) is 1.13. The van der Waals surface area contributed by atoms with Gasteiger partial charge in [-0.15, -0.1) is 0 Å². The first-order valence-corrected chi connectivity index (χ1v) is 10.8. The van der Waals surface area contributed by atoms with E-state index in [-0.39, 0.29) is 16.8 Å². The van der Waals surface area contributed by atoms with E-state index in [1.807, 2.05) is 18.2 Å². The molecule has 1 aliphatic heterocycles. The summed E-state index contributed by atoms with van der Waals surface area (Å²) < 4.78 is 28.9. The first kappa shape index (κ1) is 19.5. The third-order valence-corrected chi connectivity index (χ3v) is 5.76. The van der Waals surface area contributed by atoms with Gasteiger partial charge in [-0.25, -0.2) is 8.42 Å². The molecule has 2 aromatic carbocycles. The number of sulfone groups is 1. The molecule has 1 N–H and O–H groups in total. The maximum atomic E-state index is 12.6. The Balaban J connectivity index is 1.74. The lowest BCUT2D eigenvalue weighted by atomic mass is 10.0. The van der Waals surface area contributed by atoms with E-state index in [2.05, 4.69) is 22.3 Å². The average molecular weight is 388 g/mol. The summed E-state index contributed by atoms with van der Waals surface area (Å²) in [4.78, 5) is 15.0. The van der Waals surface area contributed by atoms with Crippen LogP contribution in [0.3, 0.4) is 0 Å². The molecule has 0 bridgehead atoms. The normalized spacial score (nSPS) is 16.6. The highest BCUT2D eigenvalue weighted by atomic mass is 32.2. The largest absolute Gasteiger partial charge is 0.379 e. The fourth-order valence-electron chi connectivity index (χ4n) is 3.18. The van der Waals surface area contributed by atoms with Crippen molar-refractivity contribution < 1.29 is 17.9 Å². The van der Waals surface area contributed by atoms with Crippen molar-refractivity contribution in [3.05, 3.63) is 65.7 Å². The second-order valence-corrected chi connectivity index (χ2v) is 8.60. The summed E-state index contributed by atoms with van der Waals surface area (Å²) in [6.45, 7) is 3.39. The van der Waals surface area contributed by atoms with Crippen molar-refractivity contribution >= 4 is 15.7 Å². The van der Waals surface area contributed by atoms with E-state index >= 15 is 0 Å². The lowest BCUT2D eigenvalue weighted by molar-refractivity contribution is 0.0162. The SMILES string of the molecule is CS(=O)(=O)c1cccc(C(=O)NCC(c2ccccc2)N2CCOCC2)c1. The number of benzene rings is 2. The summed E-state index contributed by atoms with van der Waals surface area (Å²) in [5.41, 5.74) is 1.47. The third kappa shape index (κ3) is 5.15. The number of amides is 1. The molecule has 1 aliphatic rings. The molecule has 0 aromatic heterocycles. The number of ether oxygens (including phenoxy) is 1. The molecule has 144 valence electrons. The molecule has 1 amide bonds. The lowest BCUT2D eigenvalue weighted by Gasteiger charge is -2.35. The monoisotopic (exact) mass is 388 g/mol. The van der Waals surface area contributed by atoms with Crippen molar-refractivity contribution in [1.82, 2.24) is 10.2 Å². The molecule has 0 radical (unpaired) electrons. The van der Waals surface area contributed by atoms with Crippen molar-refractivity contribution in [2.45, 2.75) is 10.9 Å². The Morgan fingerprint density at radius 1 is 1.11 bits per heavy atom. The van der Waals surface area contributed by atoms with Gasteiger partial charge in [-0.05, 0) is 23.8 Å². The molecular weight excluding hydrogens is 364 g/mol. The number of nitrogens with zero attached hydrogens (tertiary/aromatic N) is 1. The van der Waals surface area contributed by atoms with Crippen molar-refractivity contribution in [2.75, 3.05) is 39.1 Å². The summed E-state index contributed by atoms with van der Waals surface area (Å²) in [5, 5.41) is 2.96. The van der Waals surface area contributed by atoms with Crippen LogP contribution in [0.4, 0.5) is 0 Å². The molecule has 0 spiro atoms. The van der Waals surface area contributed by atoms with E-state index in [1.165, 1.54) is 12.1 Å². The zero-order valence-electron chi connectivity index (χ0n) is 15.3. The van der Waals surface area contributed by atoms with Gasteiger partial charge in [0.2, 0.25) is 0 Å². The van der Waals surface area contributed by atoms with Crippen LogP contribution in [0.15, 0.2) is 59.5 Å². The van der Waals surface area contributed by atoms with Gasteiger partial charge >= 0.3 is 0 Å². The number of carbonyl (C=O) groups excluding carboxylic acids is 1. The van der Waals surface area contributed by atoms with Gasteiger partial charge in [-0.1, -0.05) is 36.4 Å². The highest BCUT2D eigenvalue weighted by Crippen LogP contribution is 2.21. The maximum absolute atomic E-state index is 12.6. The summed E-state index contributed by atoms with van der Waals surface area (Å²) >= 11 is 0. The molecule has 7 heteroatoms. The Morgan fingerprint density at radius 3 is 2.48 bits per heavy atom. The third-order valence-electron chi connectivity index (χ3n) is 4.65. The van der Waals surface area contributed by atoms with E-state index in [1.54, 1.807) is 12.1 Å². The van der Waals surface area contributed by atoms with Crippen molar-refractivity contribution in [2.24, 2.45) is 0 Å². The Bertz CT molecular complexity index is 878. The zero-order valence-corrected chi connectivity index (χ0v) is 16.1. The quantitative estimate of drug-likeness (QED) is 0.818. The molecular formula is C20H24N2O4S. The molecule has 1 unspecified atom stereocenters. The Hall–Kier alpha value is -2.22. The van der Waals surface area contributed by atoms with Gasteiger partial charge in [0, 0.05) is 31.5 Å². The van der Waals surface area contributed by atoms with Crippen LogP contribution in [-0.2, 0) is 14.6 Å². The smallest absolute Gasteiger partial charge is 0.251 e. The standard InChI is InChI=1S/C20H24N2O4S/c1-27(24,25)18-9-5-8-17(14-18)20(23)21-15-19(16-6-3-2-4-7-16)22-10-12-26-13-11-22/h2-9,14,19H,10-13,15H2,1H3,(H,21,23). The Labute approximate surface area is 160 Å². The van der Waals surface area contributed by atoms with E-state index < -0.39 is 9.84 Å². The number of carbonyl (C=O) groups is 1. The Kier molecular flexibility index (Phi) is 6.26. The molecule has 0 saturated carbocycles. The molecule has 3 rings (SSSR count). The van der Waals surface area contributed by atoms with Gasteiger partial charge < -0.3 is 10.1 Å². The maximum Gasteiger partial charge on any atom is 0.251 e. The van der Waals surface area contributed by atoms with Gasteiger partial charge in [-0.3, -0.25) is 9.69 Å². The predicted octanol–water partition coefficient (Wildman–Crippen LogP) is 1.89. The van der Waals surface area contributed by atoms with Crippen molar-refractivity contribution in [3.8, 4) is 0 Å². The van der Waals surface area contributed by atoms with E-state index in [0.717, 1.165) is 24.9 Å². The van der Waals surface area contributed by atoms with Crippen molar-refractivity contribution in [1.29, 1.82) is 0 Å². The summed E-state index contributed by atoms with van der Waals surface area (Å²) in [7, 11) is -3.35. The average Bonchev–Trinajstić information content (AvgIpc) is 2.69. The van der Waals surface area contributed by atoms with Gasteiger partial charge in [0.15, 0.2) is 9.84 Å². The van der Waals surface area contributed by atoms with E-state index in [9.17, 15) is 13.2 Å². The molecule has 1 fully saturated rings. The first-order chi connectivity index (χ1) is 12.9. The second kappa shape index (κ2) is 8.65. The fourth-order valence-corrected chi connectivity index (χ4v) is 3.85. The number of rotatable bonds is 6. The van der Waals surface area contributed by atoms with Crippen LogP contribution < -0.4 is 5.32 Å². The van der Waals surface area contributed by atoms with Crippen LogP contribution >= 0.6 is 0 Å². The molecule has 2 aromatic rings. The molecule has 6 nitrogen and oxygen atoms in total. The fraction of sp³-hybridized carbons (Fsp3) is 0.350. The van der Waals surface area contributed by atoms with Crippen LogP contribution in [0.25, 0.3) is 0 Å². The lowest BCUT2D eigenvalue weighted by Crippen LogP contribution is -2.43. The van der Waals surface area contributed by atoms with Crippen LogP contribution in [0.5, 0.6) is 0 Å². The minimum atomic E-state index is -3.35. The second-order valence-electron chi connectivity index (χ2n) is 6.58. The number of hydrogen-bond donors (Lipinski definition) is 1. The van der Waals surface area contributed by atoms with Crippen LogP contribution in [0, 0.1) is 0 Å². The van der Waals surface area contributed by atoms with Crippen LogP contribution in [0.1, 0.15) is 22.0 Å². The highest BCUT2D eigenvalue weighted by molar-refractivity contribution is 7.90. The van der Waals surface area contributed by atoms with Gasteiger partial charge in [0.05, 0.1) is 24.2 Å². The topological polar surface area (TPSA) is 75.7 Å². The van der Waals surface area contributed by atoms with E-state index in [0.29, 0.717) is 25.3 Å². The number of hydrogen-bond acceptors (Lipinski definition) is 5. The molecule has 27 heavy (non-hydrogen) atoms. The van der Waals surface area contributed by atoms with E-state index in [4.69, 9.17) is 4.74 Å². The van der Waals surface area contributed by atoms with Gasteiger partial charge in [0.25, 0.3) is 5.91 Å². The minimum Gasteiger partial charge on any atom is -0.379 e. The van der Waals surface area contributed by atoms with Crippen LogP contribution in [0.2, 0.25) is 0 Å². The number of nitrogens with one attached hydrogen (secondary N) is 1. The zero-order chi connectivity index (χ0) is 19.3. The Morgan fingerprint density at radius 2 is 1.81 bits per heavy atom. The highest BCUT2D eigenvalue weighted by Gasteiger charge is 2.23. The molecule has 1 heterocycles. The minimum absolute atomic E-state index is 0.0390. The summed E-state index contributed by atoms with van der Waals surface area (Å²) in [5.74, 6) is -0.283. The molecule has 0 aliphatic carbocycles. The molecule has 1 saturated heterocycles.